The van der Waals surface area contributed by atoms with Crippen molar-refractivity contribution in [2.24, 2.45) is 5.92 Å². The zero-order chi connectivity index (χ0) is 17.1. The van der Waals surface area contributed by atoms with Gasteiger partial charge in [-0.2, -0.15) is 0 Å². The summed E-state index contributed by atoms with van der Waals surface area (Å²) >= 11 is 0. The predicted molar refractivity (Wildman–Crippen MR) is 93.0 cm³/mol. The van der Waals surface area contributed by atoms with Crippen LogP contribution >= 0.6 is 0 Å². The predicted octanol–water partition coefficient (Wildman–Crippen LogP) is 1.23. The first kappa shape index (κ1) is 16.7. The van der Waals surface area contributed by atoms with Crippen molar-refractivity contribution < 1.29 is 9.53 Å². The first-order chi connectivity index (χ1) is 12.3. The lowest BCUT2D eigenvalue weighted by molar-refractivity contribution is -0.134. The minimum absolute atomic E-state index is 0.0567. The number of rotatable bonds is 5. The average molecular weight is 345 g/mol. The van der Waals surface area contributed by atoms with Gasteiger partial charge in [0, 0.05) is 31.6 Å². The molecular weight excluding hydrogens is 318 g/mol. The Bertz CT molecular complexity index is 593. The van der Waals surface area contributed by atoms with Gasteiger partial charge in [-0.05, 0) is 38.0 Å². The molecule has 4 rings (SSSR count). The molecule has 2 saturated heterocycles. The lowest BCUT2D eigenvalue weighted by Crippen LogP contribution is -2.48. The molecule has 3 aliphatic rings. The third-order valence-corrected chi connectivity index (χ3v) is 5.71. The van der Waals surface area contributed by atoms with Crippen molar-refractivity contribution >= 4 is 5.91 Å². The Morgan fingerprint density at radius 2 is 2.04 bits per heavy atom. The van der Waals surface area contributed by atoms with Crippen LogP contribution in [0.4, 0.5) is 0 Å². The van der Waals surface area contributed by atoms with Gasteiger partial charge >= 0.3 is 0 Å². The van der Waals surface area contributed by atoms with Crippen LogP contribution in [0.2, 0.25) is 0 Å². The summed E-state index contributed by atoms with van der Waals surface area (Å²) in [5.41, 5.74) is 7.21. The monoisotopic (exact) mass is 345 g/mol. The third-order valence-electron chi connectivity index (χ3n) is 5.71. The van der Waals surface area contributed by atoms with Crippen molar-refractivity contribution in [1.29, 1.82) is 0 Å². The smallest absolute Gasteiger partial charge is 0.241 e. The molecule has 1 amide bonds. The summed E-state index contributed by atoms with van der Waals surface area (Å²) in [5, 5.41) is 0. The fraction of sp³-hybridized carbons (Fsp3) is 0.722. The molecule has 136 valence electrons. The molecule has 0 radical (unpaired) electrons. The van der Waals surface area contributed by atoms with Crippen LogP contribution in [0, 0.1) is 5.92 Å². The molecule has 2 N–H and O–H groups in total. The highest BCUT2D eigenvalue weighted by Gasteiger charge is 2.30. The van der Waals surface area contributed by atoms with Gasteiger partial charge < -0.3 is 9.64 Å². The SMILES string of the molecule is O=C(C1CCNN1)N1CCC(COc2cc(C3CCC3)ncn2)CC1. The molecule has 1 aromatic heterocycles. The zero-order valence-corrected chi connectivity index (χ0v) is 14.6. The summed E-state index contributed by atoms with van der Waals surface area (Å²) in [6, 6.07) is 1.94. The second-order valence-electron chi connectivity index (χ2n) is 7.40. The Kier molecular flexibility index (Phi) is 5.12. The van der Waals surface area contributed by atoms with Gasteiger partial charge in [0.15, 0.2) is 0 Å². The highest BCUT2D eigenvalue weighted by atomic mass is 16.5. The minimum atomic E-state index is -0.0567. The van der Waals surface area contributed by atoms with E-state index < -0.39 is 0 Å². The molecule has 3 heterocycles. The van der Waals surface area contributed by atoms with E-state index in [4.69, 9.17) is 4.74 Å². The standard InChI is InChI=1S/C18H27N5O2/c24-18(15-4-7-21-22-15)23-8-5-13(6-9-23)11-25-17-10-16(19-12-20-17)14-2-1-3-14/h10,12-15,21-22H,1-9,11H2. The van der Waals surface area contributed by atoms with Gasteiger partial charge in [0.05, 0.1) is 12.3 Å². The molecule has 1 aromatic rings. The van der Waals surface area contributed by atoms with Crippen molar-refractivity contribution in [3.05, 3.63) is 18.1 Å². The number of aromatic nitrogens is 2. The molecule has 25 heavy (non-hydrogen) atoms. The number of piperidine rings is 1. The van der Waals surface area contributed by atoms with Gasteiger partial charge in [-0.25, -0.2) is 15.4 Å². The molecular formula is C18H27N5O2. The molecule has 3 fully saturated rings. The van der Waals surface area contributed by atoms with Crippen molar-refractivity contribution in [3.63, 3.8) is 0 Å². The number of ether oxygens (including phenoxy) is 1. The summed E-state index contributed by atoms with van der Waals surface area (Å²) in [5.74, 6) is 2.00. The largest absolute Gasteiger partial charge is 0.477 e. The first-order valence-electron chi connectivity index (χ1n) is 9.51. The van der Waals surface area contributed by atoms with E-state index in [-0.39, 0.29) is 11.9 Å². The van der Waals surface area contributed by atoms with Gasteiger partial charge in [-0.1, -0.05) is 6.42 Å². The van der Waals surface area contributed by atoms with Gasteiger partial charge in [0.2, 0.25) is 11.8 Å². The number of likely N-dealkylation sites (tertiary alicyclic amines) is 1. The fourth-order valence-electron chi connectivity index (χ4n) is 3.77. The van der Waals surface area contributed by atoms with E-state index in [0.717, 1.165) is 44.6 Å². The Morgan fingerprint density at radius 3 is 2.72 bits per heavy atom. The van der Waals surface area contributed by atoms with Crippen LogP contribution in [0.15, 0.2) is 12.4 Å². The molecule has 2 aliphatic heterocycles. The molecule has 0 bridgehead atoms. The second kappa shape index (κ2) is 7.66. The molecule has 0 spiro atoms. The number of hydrogen-bond donors (Lipinski definition) is 2. The van der Waals surface area contributed by atoms with E-state index in [2.05, 4.69) is 20.8 Å². The maximum atomic E-state index is 12.4. The van der Waals surface area contributed by atoms with Gasteiger partial charge in [0.25, 0.3) is 0 Å². The molecule has 0 aromatic carbocycles. The number of hydrogen-bond acceptors (Lipinski definition) is 6. The molecule has 1 saturated carbocycles. The summed E-state index contributed by atoms with van der Waals surface area (Å²) in [6.07, 6.45) is 8.24. The van der Waals surface area contributed by atoms with Crippen LogP contribution in [-0.4, -0.2) is 53.1 Å². The van der Waals surface area contributed by atoms with Crippen LogP contribution in [0.25, 0.3) is 0 Å². The Balaban J connectivity index is 1.23. The van der Waals surface area contributed by atoms with Crippen LogP contribution in [0.5, 0.6) is 5.88 Å². The molecule has 1 atom stereocenters. The van der Waals surface area contributed by atoms with E-state index in [1.54, 1.807) is 6.33 Å². The van der Waals surface area contributed by atoms with Crippen molar-refractivity contribution in [1.82, 2.24) is 25.7 Å². The van der Waals surface area contributed by atoms with Crippen LogP contribution in [0.1, 0.15) is 50.1 Å². The number of nitrogens with one attached hydrogen (secondary N) is 2. The number of nitrogens with zero attached hydrogens (tertiary/aromatic N) is 3. The average Bonchev–Trinajstić information content (AvgIpc) is 3.13. The Labute approximate surface area is 148 Å². The first-order valence-corrected chi connectivity index (χ1v) is 9.51. The molecule has 1 unspecified atom stereocenters. The lowest BCUT2D eigenvalue weighted by Gasteiger charge is -2.33. The zero-order valence-electron chi connectivity index (χ0n) is 14.6. The van der Waals surface area contributed by atoms with Crippen LogP contribution in [-0.2, 0) is 4.79 Å². The molecule has 7 heteroatoms. The maximum Gasteiger partial charge on any atom is 0.241 e. The van der Waals surface area contributed by atoms with Gasteiger partial charge in [-0.3, -0.25) is 10.2 Å². The summed E-state index contributed by atoms with van der Waals surface area (Å²) in [4.78, 5) is 23.0. The number of hydrazine groups is 1. The van der Waals surface area contributed by atoms with Crippen molar-refractivity contribution in [3.8, 4) is 5.88 Å². The van der Waals surface area contributed by atoms with E-state index >= 15 is 0 Å². The maximum absolute atomic E-state index is 12.4. The normalized spacial score (nSPS) is 25.0. The highest BCUT2D eigenvalue weighted by Crippen LogP contribution is 2.35. The second-order valence-corrected chi connectivity index (χ2v) is 7.40. The quantitative estimate of drug-likeness (QED) is 0.836. The molecule has 7 nitrogen and oxygen atoms in total. The molecule has 1 aliphatic carbocycles. The van der Waals surface area contributed by atoms with E-state index in [1.165, 1.54) is 19.3 Å². The van der Waals surface area contributed by atoms with Crippen molar-refractivity contribution in [2.45, 2.75) is 50.5 Å². The summed E-state index contributed by atoms with van der Waals surface area (Å²) < 4.78 is 5.92. The summed E-state index contributed by atoms with van der Waals surface area (Å²) in [7, 11) is 0. The topological polar surface area (TPSA) is 79.4 Å². The van der Waals surface area contributed by atoms with Gasteiger partial charge in [-0.15, -0.1) is 0 Å². The number of carbonyl (C=O) groups is 1. The lowest BCUT2D eigenvalue weighted by atomic mass is 9.83. The fourth-order valence-corrected chi connectivity index (χ4v) is 3.77. The van der Waals surface area contributed by atoms with E-state index in [1.807, 2.05) is 11.0 Å². The number of carbonyl (C=O) groups excluding carboxylic acids is 1. The number of amides is 1. The Morgan fingerprint density at radius 1 is 1.20 bits per heavy atom. The highest BCUT2D eigenvalue weighted by molar-refractivity contribution is 5.82. The summed E-state index contributed by atoms with van der Waals surface area (Å²) in [6.45, 7) is 3.18. The minimum Gasteiger partial charge on any atom is -0.477 e. The Hall–Kier alpha value is -1.73. The van der Waals surface area contributed by atoms with E-state index in [9.17, 15) is 4.79 Å². The van der Waals surface area contributed by atoms with Crippen molar-refractivity contribution in [2.75, 3.05) is 26.2 Å². The van der Waals surface area contributed by atoms with E-state index in [0.29, 0.717) is 24.3 Å². The third kappa shape index (κ3) is 3.93. The van der Waals surface area contributed by atoms with Gasteiger partial charge in [0.1, 0.15) is 12.4 Å². The van der Waals surface area contributed by atoms with Crippen LogP contribution in [0.3, 0.4) is 0 Å². The van der Waals surface area contributed by atoms with Crippen LogP contribution < -0.4 is 15.6 Å².